The van der Waals surface area contributed by atoms with E-state index in [0.29, 0.717) is 0 Å². The van der Waals surface area contributed by atoms with Gasteiger partial charge in [-0.2, -0.15) is 0 Å². The fourth-order valence-corrected chi connectivity index (χ4v) is 4.15. The van der Waals surface area contributed by atoms with E-state index in [1.54, 1.807) is 11.3 Å². The molecule has 110 valence electrons. The Labute approximate surface area is 129 Å². The predicted molar refractivity (Wildman–Crippen MR) is 88.4 cm³/mol. The van der Waals surface area contributed by atoms with E-state index in [9.17, 15) is 0 Å². The molecule has 3 nitrogen and oxygen atoms in total. The lowest BCUT2D eigenvalue weighted by Crippen LogP contribution is -2.38. The van der Waals surface area contributed by atoms with Crippen molar-refractivity contribution in [1.29, 1.82) is 0 Å². The fraction of sp³-hybridized carbons (Fsp3) is 0.533. The summed E-state index contributed by atoms with van der Waals surface area (Å²) in [5, 5.41) is 3.26. The molecule has 20 heavy (non-hydrogen) atoms. The van der Waals surface area contributed by atoms with Crippen molar-refractivity contribution >= 4 is 22.7 Å². The Hall–Kier alpha value is -0.750. The number of aromatic nitrogens is 1. The van der Waals surface area contributed by atoms with Gasteiger partial charge in [0.2, 0.25) is 0 Å². The molecule has 2 unspecified atom stereocenters. The molecular formula is C15H23N3S2. The van der Waals surface area contributed by atoms with Crippen LogP contribution in [0.4, 0.5) is 0 Å². The highest BCUT2D eigenvalue weighted by molar-refractivity contribution is 7.12. The summed E-state index contributed by atoms with van der Waals surface area (Å²) >= 11 is 3.55. The first-order valence-corrected chi connectivity index (χ1v) is 8.64. The monoisotopic (exact) mass is 309 g/mol. The molecule has 0 saturated heterocycles. The van der Waals surface area contributed by atoms with Crippen molar-refractivity contribution < 1.29 is 0 Å². The highest BCUT2D eigenvalue weighted by Gasteiger charge is 2.25. The molecule has 0 radical (unpaired) electrons. The van der Waals surface area contributed by atoms with Crippen LogP contribution in [-0.2, 0) is 6.54 Å². The third-order valence-corrected chi connectivity index (χ3v) is 5.38. The molecule has 5 heteroatoms. The predicted octanol–water partition coefficient (Wildman–Crippen LogP) is 3.73. The van der Waals surface area contributed by atoms with Crippen molar-refractivity contribution in [2.45, 2.75) is 45.8 Å². The number of nitrogens with two attached hydrogens (primary N) is 1. The van der Waals surface area contributed by atoms with Crippen LogP contribution in [0, 0.1) is 13.8 Å². The zero-order chi connectivity index (χ0) is 14.7. The molecule has 0 fully saturated rings. The van der Waals surface area contributed by atoms with Crippen LogP contribution in [0.2, 0.25) is 0 Å². The Balaban J connectivity index is 2.17. The van der Waals surface area contributed by atoms with Crippen LogP contribution in [-0.4, -0.2) is 23.0 Å². The van der Waals surface area contributed by atoms with Crippen molar-refractivity contribution in [3.8, 4) is 0 Å². The Kier molecular flexibility index (Phi) is 5.32. The number of nitrogens with zero attached hydrogens (tertiary/aromatic N) is 2. The van der Waals surface area contributed by atoms with E-state index >= 15 is 0 Å². The first kappa shape index (κ1) is 15.6. The van der Waals surface area contributed by atoms with E-state index in [-0.39, 0.29) is 12.1 Å². The summed E-state index contributed by atoms with van der Waals surface area (Å²) in [5.74, 6) is 0. The average Bonchev–Trinajstić information content (AvgIpc) is 2.99. The van der Waals surface area contributed by atoms with Gasteiger partial charge in [-0.05, 0) is 39.4 Å². The normalized spacial score (nSPS) is 14.7. The van der Waals surface area contributed by atoms with Crippen molar-refractivity contribution in [3.63, 3.8) is 0 Å². The topological polar surface area (TPSA) is 42.1 Å². The summed E-state index contributed by atoms with van der Waals surface area (Å²) in [7, 11) is 2.14. The van der Waals surface area contributed by atoms with Gasteiger partial charge in [0.1, 0.15) is 0 Å². The van der Waals surface area contributed by atoms with Crippen LogP contribution in [0.5, 0.6) is 0 Å². The maximum absolute atomic E-state index is 6.37. The Bertz CT molecular complexity index is 547. The van der Waals surface area contributed by atoms with Crippen molar-refractivity contribution in [3.05, 3.63) is 38.0 Å². The molecule has 0 spiro atoms. The number of aryl methyl sites for hydroxylation is 2. The van der Waals surface area contributed by atoms with E-state index < -0.39 is 0 Å². The molecule has 0 bridgehead atoms. The van der Waals surface area contributed by atoms with Crippen molar-refractivity contribution in [1.82, 2.24) is 9.88 Å². The van der Waals surface area contributed by atoms with Gasteiger partial charge in [0, 0.05) is 27.7 Å². The van der Waals surface area contributed by atoms with Gasteiger partial charge < -0.3 is 5.73 Å². The highest BCUT2D eigenvalue weighted by Crippen LogP contribution is 2.31. The fourth-order valence-electron chi connectivity index (χ4n) is 2.43. The minimum absolute atomic E-state index is 0.151. The number of hydrogen-bond acceptors (Lipinski definition) is 5. The molecule has 0 amide bonds. The molecular weight excluding hydrogens is 286 g/mol. The zero-order valence-corrected chi connectivity index (χ0v) is 14.2. The second kappa shape index (κ2) is 6.80. The maximum Gasteiger partial charge on any atom is 0.0897 e. The second-order valence-corrected chi connectivity index (χ2v) is 7.62. The van der Waals surface area contributed by atoms with Gasteiger partial charge in [-0.15, -0.1) is 22.7 Å². The van der Waals surface area contributed by atoms with Crippen LogP contribution in [0.25, 0.3) is 0 Å². The summed E-state index contributed by atoms with van der Waals surface area (Å²) in [6.45, 7) is 7.19. The van der Waals surface area contributed by atoms with E-state index in [1.165, 1.54) is 9.75 Å². The molecule has 2 aromatic rings. The number of rotatable bonds is 6. The van der Waals surface area contributed by atoms with Crippen molar-refractivity contribution in [2.24, 2.45) is 5.73 Å². The number of thiazole rings is 1. The van der Waals surface area contributed by atoms with E-state index in [2.05, 4.69) is 48.3 Å². The molecule has 2 N–H and O–H groups in total. The molecule has 2 atom stereocenters. The zero-order valence-electron chi connectivity index (χ0n) is 12.6. The van der Waals surface area contributed by atoms with E-state index in [0.717, 1.165) is 23.7 Å². The summed E-state index contributed by atoms with van der Waals surface area (Å²) in [6, 6.07) is 4.80. The van der Waals surface area contributed by atoms with Gasteiger partial charge in [-0.25, -0.2) is 4.98 Å². The van der Waals surface area contributed by atoms with E-state index in [1.807, 2.05) is 18.3 Å². The third kappa shape index (κ3) is 3.67. The molecule has 0 aliphatic carbocycles. The number of thiophene rings is 1. The molecule has 2 rings (SSSR count). The van der Waals surface area contributed by atoms with Gasteiger partial charge in [-0.1, -0.05) is 6.92 Å². The molecule has 0 aliphatic heterocycles. The van der Waals surface area contributed by atoms with Crippen LogP contribution in [0.1, 0.15) is 39.8 Å². The first-order chi connectivity index (χ1) is 9.51. The largest absolute Gasteiger partial charge is 0.326 e. The molecule has 2 aromatic heterocycles. The standard InChI is InChI=1S/C15H23N3S2/c1-5-13(16)15(14-7-6-10(2)20-14)18(4)8-12-9-19-11(3)17-12/h6-7,9,13,15H,5,8,16H2,1-4H3. The minimum atomic E-state index is 0.151. The lowest BCUT2D eigenvalue weighted by atomic mass is 10.0. The minimum Gasteiger partial charge on any atom is -0.326 e. The average molecular weight is 310 g/mol. The van der Waals surface area contributed by atoms with Gasteiger partial charge >= 0.3 is 0 Å². The summed E-state index contributed by atoms with van der Waals surface area (Å²) in [6.07, 6.45) is 0.974. The van der Waals surface area contributed by atoms with Crippen LogP contribution < -0.4 is 5.73 Å². The lowest BCUT2D eigenvalue weighted by molar-refractivity contribution is 0.203. The van der Waals surface area contributed by atoms with Crippen molar-refractivity contribution in [2.75, 3.05) is 7.05 Å². The van der Waals surface area contributed by atoms with Gasteiger partial charge in [0.25, 0.3) is 0 Å². The summed E-state index contributed by atoms with van der Waals surface area (Å²) < 4.78 is 0. The van der Waals surface area contributed by atoms with Gasteiger partial charge in [0.15, 0.2) is 0 Å². The Morgan fingerprint density at radius 3 is 2.60 bits per heavy atom. The first-order valence-electron chi connectivity index (χ1n) is 6.94. The number of likely N-dealkylation sites (N-methyl/N-ethyl adjacent to an activating group) is 1. The lowest BCUT2D eigenvalue weighted by Gasteiger charge is -2.31. The molecule has 2 heterocycles. The summed E-state index contributed by atoms with van der Waals surface area (Å²) in [5.41, 5.74) is 7.50. The van der Waals surface area contributed by atoms with Gasteiger partial charge in [0.05, 0.1) is 16.7 Å². The highest BCUT2D eigenvalue weighted by atomic mass is 32.1. The van der Waals surface area contributed by atoms with Crippen LogP contribution >= 0.6 is 22.7 Å². The van der Waals surface area contributed by atoms with Crippen LogP contribution in [0.3, 0.4) is 0 Å². The summed E-state index contributed by atoms with van der Waals surface area (Å²) in [4.78, 5) is 9.58. The second-order valence-electron chi connectivity index (χ2n) is 5.24. The SMILES string of the molecule is CCC(N)C(c1ccc(C)s1)N(C)Cc1csc(C)n1. The molecule has 0 aliphatic rings. The molecule has 0 aromatic carbocycles. The van der Waals surface area contributed by atoms with E-state index in [4.69, 9.17) is 5.73 Å². The van der Waals surface area contributed by atoms with Gasteiger partial charge in [-0.3, -0.25) is 4.90 Å². The maximum atomic E-state index is 6.37. The molecule has 0 saturated carbocycles. The van der Waals surface area contributed by atoms with Crippen LogP contribution in [0.15, 0.2) is 17.5 Å². The number of hydrogen-bond donors (Lipinski definition) is 1. The Morgan fingerprint density at radius 2 is 2.10 bits per heavy atom. The Morgan fingerprint density at radius 1 is 1.35 bits per heavy atom. The smallest absolute Gasteiger partial charge is 0.0897 e. The third-order valence-electron chi connectivity index (χ3n) is 3.48. The quantitative estimate of drug-likeness (QED) is 0.884.